The Morgan fingerprint density at radius 3 is 2.65 bits per heavy atom. The van der Waals surface area contributed by atoms with Crippen LogP contribution in [0, 0.1) is 0 Å². The molecule has 3 N–H and O–H groups in total. The first kappa shape index (κ1) is 22.0. The van der Waals surface area contributed by atoms with Crippen molar-refractivity contribution < 1.29 is 9.53 Å². The highest BCUT2D eigenvalue weighted by Crippen LogP contribution is 2.34. The predicted molar refractivity (Wildman–Crippen MR) is 138 cm³/mol. The van der Waals surface area contributed by atoms with Crippen molar-refractivity contribution in [3.8, 4) is 17.0 Å². The van der Waals surface area contributed by atoms with Crippen LogP contribution in [0.5, 0.6) is 5.88 Å². The molecule has 1 aliphatic heterocycles. The smallest absolute Gasteiger partial charge is 0.251 e. The lowest BCUT2D eigenvalue weighted by Gasteiger charge is -2.13. The van der Waals surface area contributed by atoms with Crippen LogP contribution in [0.3, 0.4) is 0 Å². The van der Waals surface area contributed by atoms with Crippen molar-refractivity contribution in [1.29, 1.82) is 0 Å². The number of carbonyl (C=O) groups excluding carboxylic acids is 1. The van der Waals surface area contributed by atoms with Crippen LogP contribution in [-0.2, 0) is 0 Å². The summed E-state index contributed by atoms with van der Waals surface area (Å²) < 4.78 is 8.82. The largest absolute Gasteiger partial charge is 0.480 e. The quantitative estimate of drug-likeness (QED) is 0.322. The van der Waals surface area contributed by atoms with E-state index in [2.05, 4.69) is 37.5 Å². The van der Waals surface area contributed by atoms with Crippen LogP contribution >= 0.6 is 11.9 Å². The Hall–Kier alpha value is -3.78. The highest BCUT2D eigenvalue weighted by atomic mass is 32.2. The van der Waals surface area contributed by atoms with Gasteiger partial charge in [0.1, 0.15) is 5.69 Å². The van der Waals surface area contributed by atoms with Crippen molar-refractivity contribution in [2.24, 2.45) is 0 Å². The molecular weight excluding hydrogens is 446 g/mol. The van der Waals surface area contributed by atoms with Crippen molar-refractivity contribution in [3.05, 3.63) is 72.6 Å². The molecule has 4 aromatic rings. The first-order valence-electron chi connectivity index (χ1n) is 11.2. The van der Waals surface area contributed by atoms with Crippen molar-refractivity contribution in [3.63, 3.8) is 0 Å². The summed E-state index contributed by atoms with van der Waals surface area (Å²) in [5.74, 6) is 0.433. The molecule has 1 aliphatic rings. The third kappa shape index (κ3) is 4.77. The summed E-state index contributed by atoms with van der Waals surface area (Å²) in [7, 11) is 1.60. The zero-order valence-electron chi connectivity index (χ0n) is 18.8. The van der Waals surface area contributed by atoms with Crippen LogP contribution < -0.4 is 20.1 Å². The second-order valence-electron chi connectivity index (χ2n) is 7.99. The molecule has 6 bridgehead atoms. The molecule has 0 saturated heterocycles. The van der Waals surface area contributed by atoms with Gasteiger partial charge in [0, 0.05) is 52.6 Å². The van der Waals surface area contributed by atoms with E-state index >= 15 is 0 Å². The number of rotatable bonds is 1. The van der Waals surface area contributed by atoms with E-state index in [0.717, 1.165) is 57.7 Å². The Morgan fingerprint density at radius 1 is 0.882 bits per heavy atom. The summed E-state index contributed by atoms with van der Waals surface area (Å²) in [6.07, 6.45) is 5.46. The monoisotopic (exact) mass is 471 g/mol. The number of amides is 1. The predicted octanol–water partition coefficient (Wildman–Crippen LogP) is 5.36. The fourth-order valence-corrected chi connectivity index (χ4v) is 4.62. The zero-order chi connectivity index (χ0) is 23.3. The van der Waals surface area contributed by atoms with E-state index in [0.29, 0.717) is 18.0 Å². The number of nitrogens with one attached hydrogen (secondary N) is 3. The minimum atomic E-state index is -0.0681. The average molecular weight is 472 g/mol. The zero-order valence-corrected chi connectivity index (χ0v) is 19.6. The fourth-order valence-electron chi connectivity index (χ4n) is 3.92. The lowest BCUT2D eigenvalue weighted by Crippen LogP contribution is -2.24. The number of hydrogen-bond donors (Lipinski definition) is 3. The van der Waals surface area contributed by atoms with E-state index in [1.54, 1.807) is 7.11 Å². The lowest BCUT2D eigenvalue weighted by atomic mass is 10.0. The van der Waals surface area contributed by atoms with Crippen LogP contribution in [0.25, 0.3) is 22.0 Å². The van der Waals surface area contributed by atoms with E-state index in [1.807, 2.05) is 54.9 Å². The third-order valence-corrected chi connectivity index (χ3v) is 6.51. The molecule has 0 unspecified atom stereocenters. The molecule has 7 nitrogen and oxygen atoms in total. The van der Waals surface area contributed by atoms with E-state index in [4.69, 9.17) is 4.74 Å². The summed E-state index contributed by atoms with van der Waals surface area (Å²) >= 11 is 1.41. The average Bonchev–Trinajstić information content (AvgIpc) is 2.88. The molecule has 8 heteroatoms. The summed E-state index contributed by atoms with van der Waals surface area (Å²) in [6, 6.07) is 17.8. The molecule has 34 heavy (non-hydrogen) atoms. The van der Waals surface area contributed by atoms with Crippen molar-refractivity contribution in [2.45, 2.75) is 17.7 Å². The third-order valence-electron chi connectivity index (χ3n) is 5.70. The van der Waals surface area contributed by atoms with E-state index < -0.39 is 0 Å². The number of hydrogen-bond acceptors (Lipinski definition) is 7. The molecule has 2 aromatic carbocycles. The van der Waals surface area contributed by atoms with Gasteiger partial charge in [-0.15, -0.1) is 0 Å². The normalized spacial score (nSPS) is 14.2. The number of ether oxygens (including phenoxy) is 1. The molecular formula is C26H25N5O2S. The Labute approximate surface area is 202 Å². The number of methoxy groups -OCH3 is 1. The minimum Gasteiger partial charge on any atom is -0.480 e. The van der Waals surface area contributed by atoms with Crippen molar-refractivity contribution in [2.75, 3.05) is 30.2 Å². The molecule has 3 heterocycles. The summed E-state index contributed by atoms with van der Waals surface area (Å²) in [5, 5.41) is 7.61. The minimum absolute atomic E-state index is 0.0681. The summed E-state index contributed by atoms with van der Waals surface area (Å²) in [6.45, 7) is 1.44. The molecule has 1 amide bonds. The van der Waals surface area contributed by atoms with Gasteiger partial charge in [-0.25, -0.2) is 4.98 Å². The van der Waals surface area contributed by atoms with E-state index in [1.165, 1.54) is 11.9 Å². The van der Waals surface area contributed by atoms with Gasteiger partial charge in [-0.2, -0.15) is 0 Å². The maximum atomic E-state index is 12.6. The maximum absolute atomic E-state index is 12.6. The van der Waals surface area contributed by atoms with E-state index in [9.17, 15) is 4.79 Å². The van der Waals surface area contributed by atoms with Crippen molar-refractivity contribution >= 4 is 40.1 Å². The number of anilines is 2. The van der Waals surface area contributed by atoms with Gasteiger partial charge in [-0.1, -0.05) is 12.1 Å². The number of pyridine rings is 2. The number of aromatic nitrogens is 2. The van der Waals surface area contributed by atoms with Gasteiger partial charge in [-0.3, -0.25) is 9.78 Å². The first-order valence-corrected chi connectivity index (χ1v) is 12.0. The van der Waals surface area contributed by atoms with Crippen LogP contribution in [0.2, 0.25) is 0 Å². The van der Waals surface area contributed by atoms with Gasteiger partial charge in [0.15, 0.2) is 0 Å². The maximum Gasteiger partial charge on any atom is 0.251 e. The Morgan fingerprint density at radius 2 is 1.76 bits per heavy atom. The van der Waals surface area contributed by atoms with Gasteiger partial charge in [0.05, 0.1) is 12.6 Å². The van der Waals surface area contributed by atoms with Gasteiger partial charge >= 0.3 is 0 Å². The molecule has 5 rings (SSSR count). The summed E-state index contributed by atoms with van der Waals surface area (Å²) in [4.78, 5) is 22.5. The Balaban J connectivity index is 1.55. The van der Waals surface area contributed by atoms with Gasteiger partial charge in [0.2, 0.25) is 5.88 Å². The van der Waals surface area contributed by atoms with Gasteiger partial charge in [0.25, 0.3) is 5.91 Å². The fraction of sp³-hybridized carbons (Fsp3) is 0.192. The molecule has 2 aromatic heterocycles. The van der Waals surface area contributed by atoms with Crippen LogP contribution in [0.1, 0.15) is 23.2 Å². The first-order chi connectivity index (χ1) is 16.7. The van der Waals surface area contributed by atoms with Gasteiger partial charge in [-0.05, 0) is 72.8 Å². The number of fused-ring (bicyclic) bond motifs is 6. The van der Waals surface area contributed by atoms with E-state index in [-0.39, 0.29) is 5.91 Å². The van der Waals surface area contributed by atoms with Crippen LogP contribution in [0.4, 0.5) is 11.4 Å². The molecule has 0 aliphatic carbocycles. The Bertz CT molecular complexity index is 1340. The molecule has 0 radical (unpaired) electrons. The number of carbonyl (C=O) groups is 1. The van der Waals surface area contributed by atoms with Crippen LogP contribution in [0.15, 0.2) is 71.9 Å². The second kappa shape index (κ2) is 10.0. The highest BCUT2D eigenvalue weighted by molar-refractivity contribution is 8.00. The molecule has 0 spiro atoms. The van der Waals surface area contributed by atoms with Crippen LogP contribution in [-0.4, -0.2) is 36.1 Å². The number of nitrogens with zero attached hydrogens (tertiary/aromatic N) is 2. The topological polar surface area (TPSA) is 88.2 Å². The Kier molecular flexibility index (Phi) is 6.49. The lowest BCUT2D eigenvalue weighted by molar-refractivity contribution is 0.0953. The molecule has 0 saturated carbocycles. The van der Waals surface area contributed by atoms with Gasteiger partial charge < -0.3 is 20.1 Å². The number of benzene rings is 2. The standard InChI is InChI=1S/C26H25N5O2S/c1-33-26-24-15-19(16-30-26)17-7-8-22-21(14-17)23(9-12-28-22)27-10-2-3-11-29-25(32)18-5-4-6-20(13-18)34-31-24/h4-9,12-16,27,31H,2-3,10-11H2,1H3,(H,29,32). The van der Waals surface area contributed by atoms with Crippen molar-refractivity contribution in [1.82, 2.24) is 15.3 Å². The molecule has 0 atom stereocenters. The molecule has 172 valence electrons. The second-order valence-corrected chi connectivity index (χ2v) is 8.87. The summed E-state index contributed by atoms with van der Waals surface area (Å²) in [5.41, 5.74) is 5.37. The molecule has 0 fully saturated rings. The SMILES string of the molecule is COc1ncc2cc1NSc1cccc(c1)C(=O)NCCCCNc1ccnc3ccc-2cc13. The highest BCUT2D eigenvalue weighted by Gasteiger charge is 2.12.